The van der Waals surface area contributed by atoms with Gasteiger partial charge in [-0.3, -0.25) is 15.0 Å². The average Bonchev–Trinajstić information content (AvgIpc) is 2.29. The van der Waals surface area contributed by atoms with Gasteiger partial charge in [0.2, 0.25) is 0 Å². The summed E-state index contributed by atoms with van der Waals surface area (Å²) in [5.41, 5.74) is 1.05. The number of piperidine rings is 1. The van der Waals surface area contributed by atoms with Crippen molar-refractivity contribution in [2.75, 3.05) is 13.1 Å². The molecule has 1 aliphatic rings. The van der Waals surface area contributed by atoms with Gasteiger partial charge in [-0.15, -0.1) is 0 Å². The molecule has 2 rings (SSSR count). The van der Waals surface area contributed by atoms with Crippen LogP contribution < -0.4 is 0 Å². The molecule has 92 valence electrons. The minimum absolute atomic E-state index is 0.125. The summed E-state index contributed by atoms with van der Waals surface area (Å²) in [6, 6.07) is 6.68. The second kappa shape index (κ2) is 5.25. The molecule has 1 heterocycles. The van der Waals surface area contributed by atoms with Crippen molar-refractivity contribution in [1.82, 2.24) is 4.90 Å². The van der Waals surface area contributed by atoms with Gasteiger partial charge in [0.1, 0.15) is 0 Å². The SMILES string of the molecule is O=[N+]([O-])c1cccc(CN2CCC[C@H](O)C2)c1. The summed E-state index contributed by atoms with van der Waals surface area (Å²) in [7, 11) is 0. The summed E-state index contributed by atoms with van der Waals surface area (Å²) < 4.78 is 0. The van der Waals surface area contributed by atoms with E-state index >= 15 is 0 Å². The van der Waals surface area contributed by atoms with E-state index in [1.165, 1.54) is 6.07 Å². The zero-order valence-electron chi connectivity index (χ0n) is 9.58. The van der Waals surface area contributed by atoms with Crippen molar-refractivity contribution in [2.45, 2.75) is 25.5 Å². The number of rotatable bonds is 3. The molecule has 0 bridgehead atoms. The molecule has 0 saturated carbocycles. The minimum atomic E-state index is -0.380. The monoisotopic (exact) mass is 236 g/mol. The lowest BCUT2D eigenvalue weighted by molar-refractivity contribution is -0.384. The molecule has 1 atom stereocenters. The Bertz CT molecular complexity index is 408. The van der Waals surface area contributed by atoms with E-state index in [4.69, 9.17) is 0 Å². The van der Waals surface area contributed by atoms with Crippen LogP contribution >= 0.6 is 0 Å². The van der Waals surface area contributed by atoms with E-state index in [1.807, 2.05) is 6.07 Å². The second-order valence-electron chi connectivity index (χ2n) is 4.46. The van der Waals surface area contributed by atoms with E-state index < -0.39 is 0 Å². The molecule has 1 aliphatic heterocycles. The van der Waals surface area contributed by atoms with Crippen LogP contribution in [0.4, 0.5) is 5.69 Å². The number of β-amino-alcohol motifs (C(OH)–C–C–N with tert-alkyl or cyclic N) is 1. The Balaban J connectivity index is 2.02. The molecule has 0 radical (unpaired) electrons. The van der Waals surface area contributed by atoms with Crippen LogP contribution in [0.25, 0.3) is 0 Å². The first-order valence-electron chi connectivity index (χ1n) is 5.79. The van der Waals surface area contributed by atoms with Crippen molar-refractivity contribution in [3.8, 4) is 0 Å². The minimum Gasteiger partial charge on any atom is -0.392 e. The lowest BCUT2D eigenvalue weighted by Crippen LogP contribution is -2.37. The number of nitrogens with zero attached hydrogens (tertiary/aromatic N) is 2. The Morgan fingerprint density at radius 1 is 1.53 bits per heavy atom. The van der Waals surface area contributed by atoms with E-state index in [9.17, 15) is 15.2 Å². The van der Waals surface area contributed by atoms with E-state index in [1.54, 1.807) is 12.1 Å². The first-order chi connectivity index (χ1) is 8.15. The normalized spacial score (nSPS) is 21.4. The van der Waals surface area contributed by atoms with Gasteiger partial charge in [-0.2, -0.15) is 0 Å². The molecule has 5 nitrogen and oxygen atoms in total. The highest BCUT2D eigenvalue weighted by Gasteiger charge is 2.18. The van der Waals surface area contributed by atoms with Gasteiger partial charge in [0.05, 0.1) is 11.0 Å². The highest BCUT2D eigenvalue weighted by molar-refractivity contribution is 5.34. The number of hydrogen-bond acceptors (Lipinski definition) is 4. The maximum Gasteiger partial charge on any atom is 0.269 e. The number of nitro benzene ring substituents is 1. The van der Waals surface area contributed by atoms with Crippen LogP contribution in [-0.2, 0) is 6.54 Å². The van der Waals surface area contributed by atoms with Gasteiger partial charge >= 0.3 is 0 Å². The fraction of sp³-hybridized carbons (Fsp3) is 0.500. The van der Waals surface area contributed by atoms with Crippen LogP contribution in [0.2, 0.25) is 0 Å². The molecule has 5 heteroatoms. The quantitative estimate of drug-likeness (QED) is 0.638. The van der Waals surface area contributed by atoms with Crippen LogP contribution in [0.1, 0.15) is 18.4 Å². The van der Waals surface area contributed by atoms with E-state index in [0.29, 0.717) is 13.1 Å². The van der Waals surface area contributed by atoms with Gasteiger partial charge in [-0.25, -0.2) is 0 Å². The number of aliphatic hydroxyl groups is 1. The summed E-state index contributed by atoms with van der Waals surface area (Å²) in [6.45, 7) is 2.27. The van der Waals surface area contributed by atoms with Crippen molar-refractivity contribution < 1.29 is 10.0 Å². The maximum atomic E-state index is 10.6. The van der Waals surface area contributed by atoms with E-state index in [2.05, 4.69) is 4.90 Å². The van der Waals surface area contributed by atoms with Crippen LogP contribution in [0.15, 0.2) is 24.3 Å². The lowest BCUT2D eigenvalue weighted by atomic mass is 10.1. The number of hydrogen-bond donors (Lipinski definition) is 1. The number of non-ortho nitro benzene ring substituents is 1. The molecule has 0 aromatic heterocycles. The Morgan fingerprint density at radius 2 is 2.35 bits per heavy atom. The molecule has 0 aliphatic carbocycles. The van der Waals surface area contributed by atoms with Crippen molar-refractivity contribution in [3.63, 3.8) is 0 Å². The first kappa shape index (κ1) is 12.0. The number of likely N-dealkylation sites (tertiary alicyclic amines) is 1. The van der Waals surface area contributed by atoms with Crippen LogP contribution in [0.3, 0.4) is 0 Å². The first-order valence-corrected chi connectivity index (χ1v) is 5.79. The largest absolute Gasteiger partial charge is 0.392 e. The van der Waals surface area contributed by atoms with Crippen LogP contribution in [-0.4, -0.2) is 34.1 Å². The van der Waals surface area contributed by atoms with Crippen LogP contribution in [0.5, 0.6) is 0 Å². The molecule has 0 spiro atoms. The van der Waals surface area contributed by atoms with Crippen molar-refractivity contribution in [3.05, 3.63) is 39.9 Å². The Hall–Kier alpha value is -1.46. The highest BCUT2D eigenvalue weighted by atomic mass is 16.6. The summed E-state index contributed by atoms with van der Waals surface area (Å²) in [6.07, 6.45) is 1.57. The summed E-state index contributed by atoms with van der Waals surface area (Å²) in [5.74, 6) is 0. The number of aliphatic hydroxyl groups excluding tert-OH is 1. The summed E-state index contributed by atoms with van der Waals surface area (Å²) in [4.78, 5) is 12.4. The molecule has 1 aromatic carbocycles. The Morgan fingerprint density at radius 3 is 3.06 bits per heavy atom. The lowest BCUT2D eigenvalue weighted by Gasteiger charge is -2.29. The predicted octanol–water partition coefficient (Wildman–Crippen LogP) is 1.55. The predicted molar refractivity (Wildman–Crippen MR) is 63.6 cm³/mol. The fourth-order valence-corrected chi connectivity index (χ4v) is 2.20. The molecule has 0 unspecified atom stereocenters. The highest BCUT2D eigenvalue weighted by Crippen LogP contribution is 2.17. The smallest absolute Gasteiger partial charge is 0.269 e. The third-order valence-electron chi connectivity index (χ3n) is 3.01. The van der Waals surface area contributed by atoms with Gasteiger partial charge in [-0.1, -0.05) is 12.1 Å². The molecule has 0 amide bonds. The second-order valence-corrected chi connectivity index (χ2v) is 4.46. The molecule has 1 fully saturated rings. The molecule has 1 aromatic rings. The van der Waals surface area contributed by atoms with Crippen molar-refractivity contribution >= 4 is 5.69 Å². The van der Waals surface area contributed by atoms with Crippen molar-refractivity contribution in [1.29, 1.82) is 0 Å². The number of benzene rings is 1. The van der Waals surface area contributed by atoms with Crippen LogP contribution in [0, 0.1) is 10.1 Å². The standard InChI is InChI=1S/C12H16N2O3/c15-12-5-2-6-13(9-12)8-10-3-1-4-11(7-10)14(16)17/h1,3-4,7,12,15H,2,5-6,8-9H2/t12-/m0/s1. The maximum absolute atomic E-state index is 10.6. The van der Waals surface area contributed by atoms with E-state index in [0.717, 1.165) is 24.9 Å². The van der Waals surface area contributed by atoms with E-state index in [-0.39, 0.29) is 16.7 Å². The van der Waals surface area contributed by atoms with Gasteiger partial charge in [0.25, 0.3) is 5.69 Å². The molecular formula is C12H16N2O3. The zero-order valence-corrected chi connectivity index (χ0v) is 9.58. The van der Waals surface area contributed by atoms with Crippen molar-refractivity contribution in [2.24, 2.45) is 0 Å². The van der Waals surface area contributed by atoms with Gasteiger partial charge in [0.15, 0.2) is 0 Å². The molecule has 17 heavy (non-hydrogen) atoms. The third-order valence-corrected chi connectivity index (χ3v) is 3.01. The fourth-order valence-electron chi connectivity index (χ4n) is 2.20. The van der Waals surface area contributed by atoms with Gasteiger partial charge in [-0.05, 0) is 24.9 Å². The summed E-state index contributed by atoms with van der Waals surface area (Å²) >= 11 is 0. The zero-order chi connectivity index (χ0) is 12.3. The number of nitro groups is 1. The van der Waals surface area contributed by atoms with Gasteiger partial charge in [0, 0.05) is 25.2 Å². The molecular weight excluding hydrogens is 220 g/mol. The summed E-state index contributed by atoms with van der Waals surface area (Å²) in [5, 5.41) is 20.2. The topological polar surface area (TPSA) is 66.6 Å². The molecule has 1 saturated heterocycles. The molecule has 1 N–H and O–H groups in total. The Labute approximate surface area is 99.8 Å². The Kier molecular flexibility index (Phi) is 3.71. The third kappa shape index (κ3) is 3.25. The van der Waals surface area contributed by atoms with Gasteiger partial charge < -0.3 is 5.11 Å². The average molecular weight is 236 g/mol.